The van der Waals surface area contributed by atoms with Crippen molar-refractivity contribution in [2.75, 3.05) is 0 Å². The second-order valence-corrected chi connectivity index (χ2v) is 13.3. The summed E-state index contributed by atoms with van der Waals surface area (Å²) < 4.78 is 6.00. The summed E-state index contributed by atoms with van der Waals surface area (Å²) in [5.41, 5.74) is 2.88. The molecular formula is C26H30O2Si. The second kappa shape index (κ2) is 8.54. The Bertz CT molecular complexity index is 896. The lowest BCUT2D eigenvalue weighted by Gasteiger charge is -2.26. The molecule has 0 aromatic heterocycles. The zero-order chi connectivity index (χ0) is 20.3. The average molecular weight is 403 g/mol. The van der Waals surface area contributed by atoms with E-state index in [0.29, 0.717) is 5.56 Å². The molecule has 1 saturated carbocycles. The molecule has 0 spiro atoms. The second-order valence-electron chi connectivity index (χ2n) is 9.09. The lowest BCUT2D eigenvalue weighted by atomic mass is 9.91. The molecule has 0 radical (unpaired) electrons. The molecule has 2 bridgehead atoms. The number of hydrogen-bond donors (Lipinski definition) is 0. The summed E-state index contributed by atoms with van der Waals surface area (Å²) in [5, 5.41) is 0. The van der Waals surface area contributed by atoms with E-state index in [1.165, 1.54) is 19.3 Å². The van der Waals surface area contributed by atoms with Crippen molar-refractivity contribution in [1.29, 1.82) is 0 Å². The first kappa shape index (κ1) is 19.9. The van der Waals surface area contributed by atoms with Gasteiger partial charge in [0.25, 0.3) is 0 Å². The highest BCUT2D eigenvalue weighted by Crippen LogP contribution is 2.46. The Morgan fingerprint density at radius 2 is 1.66 bits per heavy atom. The van der Waals surface area contributed by atoms with E-state index in [4.69, 9.17) is 4.43 Å². The van der Waals surface area contributed by atoms with Crippen LogP contribution >= 0.6 is 0 Å². The molecule has 2 nitrogen and oxygen atoms in total. The number of allylic oxidation sites excluding steroid dienone is 2. The minimum Gasteiger partial charge on any atom is -0.516 e. The van der Waals surface area contributed by atoms with Crippen LogP contribution in [0.2, 0.25) is 19.1 Å². The Hall–Kier alpha value is -2.39. The fourth-order valence-electron chi connectivity index (χ4n) is 4.61. The Labute approximate surface area is 175 Å². The van der Waals surface area contributed by atoms with Crippen molar-refractivity contribution in [2.45, 2.75) is 38.4 Å². The molecule has 2 aromatic carbocycles. The maximum atomic E-state index is 12.7. The topological polar surface area (TPSA) is 26.3 Å². The quantitative estimate of drug-likeness (QED) is 0.288. The molecule has 2 aliphatic carbocycles. The lowest BCUT2D eigenvalue weighted by molar-refractivity contribution is 0.0721. The van der Waals surface area contributed by atoms with Gasteiger partial charge in [-0.3, -0.25) is 0 Å². The number of carbonyl (C=O) groups excluding carboxylic acids is 1. The Balaban J connectivity index is 1.30. The highest BCUT2D eigenvalue weighted by molar-refractivity contribution is 6.72. The summed E-state index contributed by atoms with van der Waals surface area (Å²) in [4.78, 5) is 12.7. The molecule has 0 N–H and O–H groups in total. The van der Waals surface area contributed by atoms with Crippen molar-refractivity contribution in [3.05, 3.63) is 83.4 Å². The van der Waals surface area contributed by atoms with Crippen molar-refractivity contribution in [3.8, 4) is 0 Å². The minimum absolute atomic E-state index is 0.173. The molecule has 3 atom stereocenters. The van der Waals surface area contributed by atoms with Gasteiger partial charge in [0, 0.05) is 0 Å². The lowest BCUT2D eigenvalue weighted by Crippen LogP contribution is -2.34. The molecule has 3 unspecified atom stereocenters. The number of carbonyl (C=O) groups is 1. The molecule has 0 aliphatic heterocycles. The van der Waals surface area contributed by atoms with Crippen LogP contribution in [-0.4, -0.2) is 14.3 Å². The van der Waals surface area contributed by atoms with Crippen molar-refractivity contribution in [1.82, 2.24) is 0 Å². The predicted octanol–water partition coefficient (Wildman–Crippen LogP) is 6.82. The molecule has 2 aromatic rings. The SMILES string of the molecule is C[Si](C)(CCC1CC2C=CC1C2)OC(=O)c1ccc(/C=C/c2ccccc2)cc1. The first-order chi connectivity index (χ1) is 14.0. The molecule has 4 rings (SSSR count). The predicted molar refractivity (Wildman–Crippen MR) is 123 cm³/mol. The first-order valence-electron chi connectivity index (χ1n) is 10.7. The summed E-state index contributed by atoms with van der Waals surface area (Å²) in [6.07, 6.45) is 12.8. The van der Waals surface area contributed by atoms with E-state index in [0.717, 1.165) is 34.9 Å². The molecule has 3 heteroatoms. The fraction of sp³-hybridized carbons (Fsp3) is 0.346. The van der Waals surface area contributed by atoms with Gasteiger partial charge in [-0.25, -0.2) is 4.79 Å². The van der Waals surface area contributed by atoms with Crippen molar-refractivity contribution >= 4 is 26.4 Å². The van der Waals surface area contributed by atoms with E-state index in [1.807, 2.05) is 42.5 Å². The largest absolute Gasteiger partial charge is 0.516 e. The van der Waals surface area contributed by atoms with Crippen molar-refractivity contribution in [2.24, 2.45) is 17.8 Å². The fourth-order valence-corrected chi connectivity index (χ4v) is 6.40. The molecule has 1 fully saturated rings. The Morgan fingerprint density at radius 1 is 0.966 bits per heavy atom. The van der Waals surface area contributed by atoms with E-state index in [9.17, 15) is 4.79 Å². The number of fused-ring (bicyclic) bond motifs is 2. The van der Waals surface area contributed by atoms with Crippen molar-refractivity contribution in [3.63, 3.8) is 0 Å². The zero-order valence-electron chi connectivity index (χ0n) is 17.4. The van der Waals surface area contributed by atoms with Gasteiger partial charge >= 0.3 is 5.97 Å². The summed E-state index contributed by atoms with van der Waals surface area (Å²) in [6.45, 7) is 4.34. The summed E-state index contributed by atoms with van der Waals surface area (Å²) in [7, 11) is -2.00. The molecular weight excluding hydrogens is 372 g/mol. The van der Waals surface area contributed by atoms with Gasteiger partial charge in [0.05, 0.1) is 5.56 Å². The summed E-state index contributed by atoms with van der Waals surface area (Å²) in [6, 6.07) is 19.0. The summed E-state index contributed by atoms with van der Waals surface area (Å²) >= 11 is 0. The van der Waals surface area contributed by atoms with Crippen LogP contribution < -0.4 is 0 Å². The molecule has 0 amide bonds. The third kappa shape index (κ3) is 5.16. The van der Waals surface area contributed by atoms with Crippen LogP contribution in [0.3, 0.4) is 0 Å². The van der Waals surface area contributed by atoms with Gasteiger partial charge < -0.3 is 4.43 Å². The van der Waals surface area contributed by atoms with Gasteiger partial charge in [0.15, 0.2) is 0 Å². The summed E-state index contributed by atoms with van der Waals surface area (Å²) in [5.74, 6) is 2.21. The van der Waals surface area contributed by atoms with Crippen LogP contribution in [0.5, 0.6) is 0 Å². The van der Waals surface area contributed by atoms with Gasteiger partial charge in [-0.15, -0.1) is 0 Å². The highest BCUT2D eigenvalue weighted by Gasteiger charge is 2.37. The van der Waals surface area contributed by atoms with Crippen LogP contribution in [0, 0.1) is 17.8 Å². The molecule has 150 valence electrons. The van der Waals surface area contributed by atoms with E-state index in [-0.39, 0.29) is 5.97 Å². The third-order valence-corrected chi connectivity index (χ3v) is 8.55. The average Bonchev–Trinajstić information content (AvgIpc) is 3.35. The van der Waals surface area contributed by atoms with Crippen LogP contribution in [0.25, 0.3) is 12.2 Å². The van der Waals surface area contributed by atoms with E-state index in [1.54, 1.807) is 0 Å². The monoisotopic (exact) mass is 402 g/mol. The highest BCUT2D eigenvalue weighted by atomic mass is 28.4. The van der Waals surface area contributed by atoms with Gasteiger partial charge in [0.2, 0.25) is 8.32 Å². The van der Waals surface area contributed by atoms with E-state index in [2.05, 4.69) is 49.5 Å². The van der Waals surface area contributed by atoms with Gasteiger partial charge in [-0.05, 0) is 79.4 Å². The number of hydrogen-bond acceptors (Lipinski definition) is 2. The Morgan fingerprint density at radius 3 is 2.28 bits per heavy atom. The van der Waals surface area contributed by atoms with E-state index < -0.39 is 8.32 Å². The third-order valence-electron chi connectivity index (χ3n) is 6.32. The Kier molecular flexibility index (Phi) is 5.86. The number of benzene rings is 2. The van der Waals surface area contributed by atoms with Gasteiger partial charge in [-0.2, -0.15) is 0 Å². The smallest absolute Gasteiger partial charge is 0.324 e. The van der Waals surface area contributed by atoms with Gasteiger partial charge in [-0.1, -0.05) is 66.8 Å². The molecule has 0 saturated heterocycles. The normalized spacial score (nSPS) is 23.0. The first-order valence-corrected chi connectivity index (χ1v) is 13.8. The van der Waals surface area contributed by atoms with Gasteiger partial charge in [0.1, 0.15) is 0 Å². The van der Waals surface area contributed by atoms with Crippen LogP contribution in [0.1, 0.15) is 40.7 Å². The maximum absolute atomic E-state index is 12.7. The maximum Gasteiger partial charge on any atom is 0.324 e. The standard InChI is InChI=1S/C26H30O2Si/c1-29(2,17-16-25-19-22-12-15-24(25)18-22)28-26(27)23-13-10-21(11-14-23)9-8-20-6-4-3-5-7-20/h3-15,22,24-25H,16-19H2,1-2H3/b9-8+. The minimum atomic E-state index is -2.00. The van der Waals surface area contributed by atoms with E-state index >= 15 is 0 Å². The molecule has 2 aliphatic rings. The van der Waals surface area contributed by atoms with Crippen LogP contribution in [0.15, 0.2) is 66.7 Å². The number of rotatable bonds is 7. The van der Waals surface area contributed by atoms with Crippen LogP contribution in [0.4, 0.5) is 0 Å². The molecule has 29 heavy (non-hydrogen) atoms. The van der Waals surface area contributed by atoms with Crippen molar-refractivity contribution < 1.29 is 9.22 Å². The zero-order valence-corrected chi connectivity index (χ0v) is 18.4. The molecule has 0 heterocycles. The van der Waals surface area contributed by atoms with Crippen LogP contribution in [-0.2, 0) is 4.43 Å².